The van der Waals surface area contributed by atoms with Crippen molar-refractivity contribution in [1.82, 2.24) is 30.2 Å². The third-order valence-electron chi connectivity index (χ3n) is 5.14. The van der Waals surface area contributed by atoms with Gasteiger partial charge in [-0.05, 0) is 30.5 Å². The van der Waals surface area contributed by atoms with Crippen LogP contribution in [0.5, 0.6) is 5.75 Å². The van der Waals surface area contributed by atoms with Gasteiger partial charge in [-0.15, -0.1) is 10.2 Å². The summed E-state index contributed by atoms with van der Waals surface area (Å²) >= 11 is 0. The zero-order valence-electron chi connectivity index (χ0n) is 17.0. The van der Waals surface area contributed by atoms with Crippen LogP contribution < -0.4 is 4.74 Å². The molecular formula is C22H24N6O. The SMILES string of the molecule is COc1ccc(C(C)C)cc1-c1c(-c2ccccc2)ncn1[C@@H](C)c1nn[nH]n1. The second kappa shape index (κ2) is 7.87. The maximum Gasteiger partial charge on any atom is 0.197 e. The predicted molar refractivity (Wildman–Crippen MR) is 112 cm³/mol. The molecule has 1 atom stereocenters. The van der Waals surface area contributed by atoms with Gasteiger partial charge in [0.2, 0.25) is 0 Å². The zero-order chi connectivity index (χ0) is 20.4. The van der Waals surface area contributed by atoms with Crippen LogP contribution in [0.3, 0.4) is 0 Å². The second-order valence-corrected chi connectivity index (χ2v) is 7.28. The van der Waals surface area contributed by atoms with Gasteiger partial charge in [-0.3, -0.25) is 0 Å². The first-order valence-corrected chi connectivity index (χ1v) is 9.64. The number of aromatic nitrogens is 6. The smallest absolute Gasteiger partial charge is 0.197 e. The van der Waals surface area contributed by atoms with Crippen molar-refractivity contribution in [2.24, 2.45) is 0 Å². The van der Waals surface area contributed by atoms with Crippen LogP contribution in [0.1, 0.15) is 44.1 Å². The third kappa shape index (κ3) is 3.51. The van der Waals surface area contributed by atoms with Gasteiger partial charge < -0.3 is 9.30 Å². The Morgan fingerprint density at radius 2 is 1.83 bits per heavy atom. The quantitative estimate of drug-likeness (QED) is 0.527. The number of hydrogen-bond donors (Lipinski definition) is 1. The molecule has 0 aliphatic carbocycles. The van der Waals surface area contributed by atoms with Gasteiger partial charge >= 0.3 is 0 Å². The van der Waals surface area contributed by atoms with Crippen LogP contribution in [0.25, 0.3) is 22.5 Å². The minimum absolute atomic E-state index is 0.152. The number of hydrogen-bond acceptors (Lipinski definition) is 5. The second-order valence-electron chi connectivity index (χ2n) is 7.28. The van der Waals surface area contributed by atoms with Crippen LogP contribution in [0.4, 0.5) is 0 Å². The number of nitrogens with zero attached hydrogens (tertiary/aromatic N) is 5. The molecule has 7 nitrogen and oxygen atoms in total. The fourth-order valence-corrected chi connectivity index (χ4v) is 3.47. The van der Waals surface area contributed by atoms with E-state index >= 15 is 0 Å². The molecule has 29 heavy (non-hydrogen) atoms. The van der Waals surface area contributed by atoms with Crippen molar-refractivity contribution in [3.63, 3.8) is 0 Å². The Morgan fingerprint density at radius 3 is 2.48 bits per heavy atom. The molecule has 0 aliphatic rings. The van der Waals surface area contributed by atoms with Crippen LogP contribution in [0, 0.1) is 0 Å². The molecule has 0 radical (unpaired) electrons. The molecular weight excluding hydrogens is 364 g/mol. The molecule has 0 spiro atoms. The van der Waals surface area contributed by atoms with Crippen LogP contribution in [0.15, 0.2) is 54.9 Å². The highest BCUT2D eigenvalue weighted by molar-refractivity contribution is 5.82. The fraction of sp³-hybridized carbons (Fsp3) is 0.273. The number of benzene rings is 2. The number of rotatable bonds is 6. The summed E-state index contributed by atoms with van der Waals surface area (Å²) in [6.45, 7) is 6.40. The average Bonchev–Trinajstić information content (AvgIpc) is 3.43. The summed E-state index contributed by atoms with van der Waals surface area (Å²) in [6, 6.07) is 16.3. The lowest BCUT2D eigenvalue weighted by Crippen LogP contribution is -2.10. The van der Waals surface area contributed by atoms with Gasteiger partial charge in [0, 0.05) is 11.1 Å². The lowest BCUT2D eigenvalue weighted by Gasteiger charge is -2.18. The summed E-state index contributed by atoms with van der Waals surface area (Å²) in [5.74, 6) is 1.79. The van der Waals surface area contributed by atoms with Gasteiger partial charge in [-0.25, -0.2) is 4.98 Å². The summed E-state index contributed by atoms with van der Waals surface area (Å²) < 4.78 is 7.81. The Morgan fingerprint density at radius 1 is 1.03 bits per heavy atom. The molecule has 148 valence electrons. The van der Waals surface area contributed by atoms with Crippen molar-refractivity contribution in [2.75, 3.05) is 7.11 Å². The number of methoxy groups -OCH3 is 1. The molecule has 4 aromatic rings. The normalized spacial score (nSPS) is 12.3. The van der Waals surface area contributed by atoms with Gasteiger partial charge in [0.05, 0.1) is 30.9 Å². The van der Waals surface area contributed by atoms with Crippen molar-refractivity contribution in [3.8, 4) is 28.3 Å². The van der Waals surface area contributed by atoms with Crippen molar-refractivity contribution in [2.45, 2.75) is 32.7 Å². The molecule has 4 rings (SSSR count). The van der Waals surface area contributed by atoms with Crippen LogP contribution in [-0.2, 0) is 0 Å². The summed E-state index contributed by atoms with van der Waals surface area (Å²) in [5, 5.41) is 14.6. The van der Waals surface area contributed by atoms with E-state index in [0.29, 0.717) is 11.7 Å². The first-order chi connectivity index (χ1) is 14.1. The third-order valence-corrected chi connectivity index (χ3v) is 5.14. The molecule has 7 heteroatoms. The van der Waals surface area contributed by atoms with E-state index in [-0.39, 0.29) is 6.04 Å². The molecule has 1 N–H and O–H groups in total. The van der Waals surface area contributed by atoms with E-state index in [9.17, 15) is 0 Å². The highest BCUT2D eigenvalue weighted by Crippen LogP contribution is 2.40. The average molecular weight is 388 g/mol. The van der Waals surface area contributed by atoms with Crippen LogP contribution in [0.2, 0.25) is 0 Å². The summed E-state index contributed by atoms with van der Waals surface area (Å²) in [7, 11) is 1.69. The van der Waals surface area contributed by atoms with E-state index in [4.69, 9.17) is 9.72 Å². The van der Waals surface area contributed by atoms with E-state index in [1.54, 1.807) is 7.11 Å². The zero-order valence-corrected chi connectivity index (χ0v) is 17.0. The number of aromatic amines is 1. The van der Waals surface area contributed by atoms with Crippen molar-refractivity contribution < 1.29 is 4.74 Å². The van der Waals surface area contributed by atoms with Gasteiger partial charge in [0.25, 0.3) is 0 Å². The van der Waals surface area contributed by atoms with E-state index in [0.717, 1.165) is 28.3 Å². The largest absolute Gasteiger partial charge is 0.496 e. The molecule has 0 aliphatic heterocycles. The van der Waals surface area contributed by atoms with Crippen molar-refractivity contribution in [1.29, 1.82) is 0 Å². The molecule has 0 amide bonds. The summed E-state index contributed by atoms with van der Waals surface area (Å²) in [4.78, 5) is 4.76. The standard InChI is InChI=1S/C22H24N6O/c1-14(2)17-10-11-19(29-4)18(12-17)21-20(16-8-6-5-7-9-16)23-13-28(21)15(3)22-24-26-27-25-22/h5-15H,1-4H3,(H,24,25,26,27)/t15-/m0/s1. The molecule has 0 bridgehead atoms. The molecule has 2 aromatic heterocycles. The van der Waals surface area contributed by atoms with E-state index in [1.165, 1.54) is 5.56 Å². The Bertz CT molecular complexity index is 1090. The molecule has 0 saturated carbocycles. The van der Waals surface area contributed by atoms with Crippen LogP contribution in [-0.4, -0.2) is 37.3 Å². The lowest BCUT2D eigenvalue weighted by molar-refractivity contribution is 0.415. The van der Waals surface area contributed by atoms with Gasteiger partial charge in [-0.2, -0.15) is 5.21 Å². The first kappa shape index (κ1) is 18.9. The minimum Gasteiger partial charge on any atom is -0.496 e. The number of tetrazole rings is 1. The fourth-order valence-electron chi connectivity index (χ4n) is 3.47. The maximum absolute atomic E-state index is 5.73. The number of H-pyrrole nitrogens is 1. The molecule has 0 saturated heterocycles. The number of nitrogens with one attached hydrogen (secondary N) is 1. The topological polar surface area (TPSA) is 81.5 Å². The van der Waals surface area contributed by atoms with Crippen LogP contribution >= 0.6 is 0 Å². The van der Waals surface area contributed by atoms with E-state index < -0.39 is 0 Å². The van der Waals surface area contributed by atoms with Crippen molar-refractivity contribution in [3.05, 3.63) is 66.2 Å². The Balaban J connectivity index is 1.98. The van der Waals surface area contributed by atoms with Gasteiger partial charge in [0.1, 0.15) is 5.75 Å². The number of ether oxygens (including phenoxy) is 1. The van der Waals surface area contributed by atoms with Gasteiger partial charge in [0.15, 0.2) is 5.82 Å². The Labute approximate surface area is 169 Å². The molecule has 0 unspecified atom stereocenters. The predicted octanol–water partition coefficient (Wildman–Crippen LogP) is 4.47. The van der Waals surface area contributed by atoms with Gasteiger partial charge in [-0.1, -0.05) is 55.5 Å². The van der Waals surface area contributed by atoms with Crippen molar-refractivity contribution >= 4 is 0 Å². The van der Waals surface area contributed by atoms with E-state index in [1.807, 2.05) is 37.5 Å². The maximum atomic E-state index is 5.73. The molecule has 2 heterocycles. The highest BCUT2D eigenvalue weighted by atomic mass is 16.5. The summed E-state index contributed by atoms with van der Waals surface area (Å²) in [6.07, 6.45) is 1.83. The highest BCUT2D eigenvalue weighted by Gasteiger charge is 2.24. The lowest BCUT2D eigenvalue weighted by atomic mass is 9.96. The molecule has 2 aromatic carbocycles. The minimum atomic E-state index is -0.152. The van der Waals surface area contributed by atoms with E-state index in [2.05, 4.69) is 63.3 Å². The molecule has 0 fully saturated rings. The Kier molecular flexibility index (Phi) is 5.12. The Hall–Kier alpha value is -3.48. The summed E-state index contributed by atoms with van der Waals surface area (Å²) in [5.41, 5.74) is 5.12. The number of imidazole rings is 1. The monoisotopic (exact) mass is 388 g/mol. The first-order valence-electron chi connectivity index (χ1n) is 9.64.